The van der Waals surface area contributed by atoms with E-state index in [1.165, 1.54) is 12.7 Å². The number of fused-ring (bicyclic) bond motifs is 2. The maximum atomic E-state index is 13.4. The van der Waals surface area contributed by atoms with E-state index >= 15 is 0 Å². The summed E-state index contributed by atoms with van der Waals surface area (Å²) in [5.41, 5.74) is 2.22. The summed E-state index contributed by atoms with van der Waals surface area (Å²) in [5.74, 6) is 1.14. The predicted molar refractivity (Wildman–Crippen MR) is 102 cm³/mol. The van der Waals surface area contributed by atoms with Gasteiger partial charge in [0, 0.05) is 29.8 Å². The molecule has 0 aliphatic carbocycles. The van der Waals surface area contributed by atoms with Crippen LogP contribution in [0.15, 0.2) is 24.5 Å². The molecule has 2 fully saturated rings. The molecule has 2 bridgehead atoms. The van der Waals surface area contributed by atoms with E-state index in [0.29, 0.717) is 40.6 Å². The van der Waals surface area contributed by atoms with Gasteiger partial charge < -0.3 is 14.9 Å². The number of nitriles is 1. The molecule has 2 aliphatic heterocycles. The topological polar surface area (TPSA) is 74.1 Å². The van der Waals surface area contributed by atoms with Gasteiger partial charge in [0.05, 0.1) is 17.2 Å². The number of nitrogens with one attached hydrogen (secondary N) is 1. The summed E-state index contributed by atoms with van der Waals surface area (Å²) in [6, 6.07) is 7.96. The number of rotatable bonds is 5. The van der Waals surface area contributed by atoms with Crippen LogP contribution in [0.4, 0.5) is 15.9 Å². The molecule has 3 unspecified atom stereocenters. The molecule has 1 aromatic heterocycles. The highest BCUT2D eigenvalue weighted by Crippen LogP contribution is 2.38. The van der Waals surface area contributed by atoms with E-state index in [4.69, 9.17) is 10.00 Å². The van der Waals surface area contributed by atoms with Gasteiger partial charge in [-0.2, -0.15) is 5.26 Å². The Bertz CT molecular complexity index is 902. The second-order valence-electron chi connectivity index (χ2n) is 7.25. The minimum Gasteiger partial charge on any atom is -0.472 e. The zero-order valence-corrected chi connectivity index (χ0v) is 15.4. The van der Waals surface area contributed by atoms with Gasteiger partial charge in [-0.25, -0.2) is 14.4 Å². The number of anilines is 2. The van der Waals surface area contributed by atoms with E-state index in [0.717, 1.165) is 18.4 Å². The summed E-state index contributed by atoms with van der Waals surface area (Å²) >= 11 is 0. The number of halogens is 1. The highest BCUT2D eigenvalue weighted by atomic mass is 19.1. The zero-order chi connectivity index (χ0) is 19.0. The van der Waals surface area contributed by atoms with Crippen LogP contribution >= 0.6 is 0 Å². The van der Waals surface area contributed by atoms with Gasteiger partial charge in [-0.15, -0.1) is 0 Å². The maximum Gasteiger partial charge on any atom is 0.221 e. The van der Waals surface area contributed by atoms with Crippen LogP contribution in [-0.4, -0.2) is 40.9 Å². The second-order valence-corrected chi connectivity index (χ2v) is 7.25. The van der Waals surface area contributed by atoms with Gasteiger partial charge in [0.15, 0.2) is 7.98 Å². The third kappa shape index (κ3) is 3.23. The lowest BCUT2D eigenvalue weighted by molar-refractivity contribution is 0.154. The Balaban J connectivity index is 1.55. The first-order valence-electron chi connectivity index (χ1n) is 9.17. The number of nitrogens with zero attached hydrogens (tertiary/aromatic N) is 4. The normalized spacial score (nSPS) is 24.0. The van der Waals surface area contributed by atoms with Crippen LogP contribution in [0, 0.1) is 18.3 Å². The van der Waals surface area contributed by atoms with Gasteiger partial charge in [0.2, 0.25) is 5.88 Å². The van der Waals surface area contributed by atoms with Crippen LogP contribution < -0.4 is 10.1 Å². The third-order valence-electron chi connectivity index (χ3n) is 5.76. The molecule has 1 aromatic carbocycles. The lowest BCUT2D eigenvalue weighted by atomic mass is 9.98. The zero-order valence-electron chi connectivity index (χ0n) is 15.4. The van der Waals surface area contributed by atoms with Crippen LogP contribution in [-0.2, 0) is 6.67 Å². The summed E-state index contributed by atoms with van der Waals surface area (Å²) in [4.78, 5) is 11.0. The molecule has 3 heterocycles. The number of aromatic nitrogens is 2. The van der Waals surface area contributed by atoms with Crippen LogP contribution in [0.2, 0.25) is 0 Å². The van der Waals surface area contributed by atoms with E-state index in [-0.39, 0.29) is 6.10 Å². The third-order valence-corrected chi connectivity index (χ3v) is 5.76. The number of benzene rings is 1. The Kier molecular flexibility index (Phi) is 4.71. The molecule has 0 amide bonds. The Hall–Kier alpha value is -2.66. The summed E-state index contributed by atoms with van der Waals surface area (Å²) in [6.45, 7) is 1.23. The summed E-state index contributed by atoms with van der Waals surface area (Å²) in [5, 5.41) is 12.1. The first kappa shape index (κ1) is 17.7. The Morgan fingerprint density at radius 3 is 2.93 bits per heavy atom. The van der Waals surface area contributed by atoms with E-state index < -0.39 is 6.67 Å². The number of hydrogen-bond acceptors (Lipinski definition) is 6. The fraction of sp³-hybridized carbons (Fsp3) is 0.421. The van der Waals surface area contributed by atoms with Crippen molar-refractivity contribution in [3.63, 3.8) is 0 Å². The van der Waals surface area contributed by atoms with Crippen LogP contribution in [0.1, 0.15) is 36.0 Å². The van der Waals surface area contributed by atoms with Crippen molar-refractivity contribution in [3.8, 4) is 11.9 Å². The van der Waals surface area contributed by atoms with Crippen LogP contribution in [0.5, 0.6) is 5.88 Å². The largest absolute Gasteiger partial charge is 0.472 e. The molecule has 0 radical (unpaired) electrons. The van der Waals surface area contributed by atoms with Gasteiger partial charge >= 0.3 is 0 Å². The van der Waals surface area contributed by atoms with Crippen molar-refractivity contribution < 1.29 is 9.13 Å². The molecule has 4 rings (SSSR count). The molecule has 0 spiro atoms. The molecular formula is C19H21BFN5O. The minimum atomic E-state index is -0.664. The molecule has 138 valence electrons. The maximum absolute atomic E-state index is 13.4. The molecule has 3 atom stereocenters. The monoisotopic (exact) mass is 365 g/mol. The second kappa shape index (κ2) is 7.16. The fourth-order valence-corrected chi connectivity index (χ4v) is 4.17. The Morgan fingerprint density at radius 1 is 1.41 bits per heavy atom. The first-order chi connectivity index (χ1) is 13.1. The molecular weight excluding hydrogens is 344 g/mol. The lowest BCUT2D eigenvalue weighted by Gasteiger charge is -2.23. The van der Waals surface area contributed by atoms with Gasteiger partial charge in [-0.05, 0) is 38.0 Å². The van der Waals surface area contributed by atoms with Gasteiger partial charge in [0.25, 0.3) is 0 Å². The van der Waals surface area contributed by atoms with Gasteiger partial charge in [-0.1, -0.05) is 0 Å². The average molecular weight is 365 g/mol. The molecule has 27 heavy (non-hydrogen) atoms. The quantitative estimate of drug-likeness (QED) is 0.821. The van der Waals surface area contributed by atoms with Gasteiger partial charge in [-0.3, -0.25) is 0 Å². The smallest absolute Gasteiger partial charge is 0.221 e. The predicted octanol–water partition coefficient (Wildman–Crippen LogP) is 2.40. The Labute approximate surface area is 158 Å². The minimum absolute atomic E-state index is 0.145. The van der Waals surface area contributed by atoms with Crippen LogP contribution in [0.3, 0.4) is 0 Å². The molecule has 8 heteroatoms. The van der Waals surface area contributed by atoms with Crippen molar-refractivity contribution in [2.45, 2.75) is 51.0 Å². The van der Waals surface area contributed by atoms with E-state index in [1.54, 1.807) is 18.2 Å². The van der Waals surface area contributed by atoms with Crippen LogP contribution in [0.25, 0.3) is 0 Å². The van der Waals surface area contributed by atoms with Gasteiger partial charge in [0.1, 0.15) is 24.9 Å². The standard InChI is InChI=1S/C19H21BFN5O/c1-11-18(25-15-4-2-12(9-22)6-13(15)8-21)23-10-24-19(11)27-17-7-14-3-5-16(17)26(14)20/h2,4,6,10,14,16-17H,3,5,7-8,20H2,1H3,(H,23,24,25). The average Bonchev–Trinajstić information content (AvgIpc) is 3.19. The summed E-state index contributed by atoms with van der Waals surface area (Å²) in [7, 11) is 2.16. The molecule has 2 saturated heterocycles. The Morgan fingerprint density at radius 2 is 2.26 bits per heavy atom. The van der Waals surface area contributed by atoms with Crippen molar-refractivity contribution in [1.29, 1.82) is 5.26 Å². The van der Waals surface area contributed by atoms with Crippen molar-refractivity contribution in [3.05, 3.63) is 41.2 Å². The SMILES string of the molecule is BN1C2CCC1C(Oc1ncnc(Nc3ccc(C#N)cc3CF)c1C)C2. The highest BCUT2D eigenvalue weighted by Gasteiger charge is 2.45. The molecule has 1 N–H and O–H groups in total. The number of alkyl halides is 1. The number of hydrogen-bond donors (Lipinski definition) is 1. The molecule has 0 saturated carbocycles. The molecule has 2 aliphatic rings. The summed E-state index contributed by atoms with van der Waals surface area (Å²) in [6.07, 6.45) is 5.02. The van der Waals surface area contributed by atoms with E-state index in [2.05, 4.69) is 28.1 Å². The fourth-order valence-electron chi connectivity index (χ4n) is 4.17. The first-order valence-corrected chi connectivity index (χ1v) is 9.17. The molecule has 2 aromatic rings. The van der Waals surface area contributed by atoms with Crippen molar-refractivity contribution in [2.75, 3.05) is 5.32 Å². The van der Waals surface area contributed by atoms with Crippen molar-refractivity contribution in [2.24, 2.45) is 0 Å². The van der Waals surface area contributed by atoms with Crippen molar-refractivity contribution >= 4 is 19.5 Å². The number of ether oxygens (including phenoxy) is 1. The lowest BCUT2D eigenvalue weighted by Crippen LogP contribution is -2.34. The molecule has 6 nitrogen and oxygen atoms in total. The van der Waals surface area contributed by atoms with Crippen molar-refractivity contribution in [1.82, 2.24) is 14.8 Å². The summed E-state index contributed by atoms with van der Waals surface area (Å²) < 4.78 is 19.6. The van der Waals surface area contributed by atoms with E-state index in [9.17, 15) is 4.39 Å². The highest BCUT2D eigenvalue weighted by molar-refractivity contribution is 6.05. The van der Waals surface area contributed by atoms with E-state index in [1.807, 2.05) is 13.0 Å².